The van der Waals surface area contributed by atoms with Crippen LogP contribution in [0.4, 0.5) is 17.6 Å². The first-order valence-corrected chi connectivity index (χ1v) is 9.16. The van der Waals surface area contributed by atoms with Crippen molar-refractivity contribution in [3.63, 3.8) is 0 Å². The Labute approximate surface area is 165 Å². The van der Waals surface area contributed by atoms with Gasteiger partial charge in [0.05, 0.1) is 12.8 Å². The van der Waals surface area contributed by atoms with Crippen molar-refractivity contribution in [1.82, 2.24) is 5.32 Å². The molecule has 0 bridgehead atoms. The van der Waals surface area contributed by atoms with Gasteiger partial charge in [-0.2, -0.15) is 8.78 Å². The van der Waals surface area contributed by atoms with Gasteiger partial charge in [0.2, 0.25) is 5.91 Å². The summed E-state index contributed by atoms with van der Waals surface area (Å²) in [5.41, 5.74) is -0.223. The van der Waals surface area contributed by atoms with Gasteiger partial charge in [-0.3, -0.25) is 4.79 Å². The molecule has 1 aromatic carbocycles. The zero-order valence-electron chi connectivity index (χ0n) is 15.5. The summed E-state index contributed by atoms with van der Waals surface area (Å²) in [5.74, 6) is -3.34. The number of nitrogens with zero attached hydrogens (tertiary/aromatic N) is 1. The fourth-order valence-corrected chi connectivity index (χ4v) is 2.72. The number of allylic oxidation sites excluding steroid dienone is 2. The Bertz CT molecular complexity index is 833. The number of nitrogens with one attached hydrogen (secondary N) is 1. The topological polar surface area (TPSA) is 59.9 Å². The Morgan fingerprint density at radius 2 is 1.90 bits per heavy atom. The van der Waals surface area contributed by atoms with E-state index in [1.54, 1.807) is 30.3 Å². The van der Waals surface area contributed by atoms with E-state index in [4.69, 9.17) is 4.84 Å². The molecular weight excluding hydrogens is 392 g/mol. The molecule has 0 heterocycles. The number of hydrogen-bond acceptors (Lipinski definition) is 4. The molecule has 0 aliphatic heterocycles. The van der Waals surface area contributed by atoms with Gasteiger partial charge >= 0.3 is 6.61 Å². The van der Waals surface area contributed by atoms with Crippen molar-refractivity contribution < 1.29 is 31.9 Å². The SMILES string of the molecule is O=C(Cc1ccccc1)NCC1=C(OC(F)F)C/C(=N/OCC2CC2)C(F)=C1F. The minimum absolute atomic E-state index is 0.00862. The molecule has 0 spiro atoms. The first kappa shape index (κ1) is 20.9. The van der Waals surface area contributed by atoms with Crippen LogP contribution in [0, 0.1) is 5.92 Å². The number of rotatable bonds is 9. The highest BCUT2D eigenvalue weighted by Crippen LogP contribution is 2.33. The summed E-state index contributed by atoms with van der Waals surface area (Å²) in [4.78, 5) is 17.0. The van der Waals surface area contributed by atoms with Gasteiger partial charge in [-0.25, -0.2) is 8.78 Å². The summed E-state index contributed by atoms with van der Waals surface area (Å²) in [5, 5.41) is 5.94. The Morgan fingerprint density at radius 1 is 1.17 bits per heavy atom. The maximum absolute atomic E-state index is 14.5. The Balaban J connectivity index is 1.69. The van der Waals surface area contributed by atoms with Crippen LogP contribution in [-0.4, -0.2) is 31.4 Å². The molecule has 1 aromatic rings. The number of ether oxygens (including phenoxy) is 1. The Kier molecular flexibility index (Phi) is 6.90. The summed E-state index contributed by atoms with van der Waals surface area (Å²) >= 11 is 0. The number of halogens is 4. The van der Waals surface area contributed by atoms with Crippen LogP contribution in [0.5, 0.6) is 0 Å². The molecule has 2 aliphatic carbocycles. The maximum atomic E-state index is 14.5. The minimum atomic E-state index is -3.23. The van der Waals surface area contributed by atoms with E-state index in [0.717, 1.165) is 18.4 Å². The minimum Gasteiger partial charge on any atom is -0.438 e. The van der Waals surface area contributed by atoms with Crippen molar-refractivity contribution >= 4 is 11.6 Å². The zero-order chi connectivity index (χ0) is 20.8. The number of carbonyl (C=O) groups excluding carboxylic acids is 1. The van der Waals surface area contributed by atoms with E-state index in [9.17, 15) is 22.4 Å². The van der Waals surface area contributed by atoms with Crippen LogP contribution in [0.25, 0.3) is 0 Å². The van der Waals surface area contributed by atoms with Crippen molar-refractivity contribution in [2.75, 3.05) is 13.2 Å². The summed E-state index contributed by atoms with van der Waals surface area (Å²) < 4.78 is 58.7. The predicted molar refractivity (Wildman–Crippen MR) is 97.2 cm³/mol. The van der Waals surface area contributed by atoms with E-state index in [1.165, 1.54) is 0 Å². The molecule has 1 N–H and O–H groups in total. The van der Waals surface area contributed by atoms with E-state index in [2.05, 4.69) is 15.2 Å². The summed E-state index contributed by atoms with van der Waals surface area (Å²) in [6, 6.07) is 8.76. The standard InChI is InChI=1S/C20H20F4N2O3/c21-18-14(10-25-17(27)8-12-4-2-1-3-5-12)16(29-20(23)24)9-15(19(18)22)26-28-11-13-6-7-13/h1-5,13,20H,6-11H2,(H,25,27)/b26-15-. The third-order valence-corrected chi connectivity index (χ3v) is 4.46. The van der Waals surface area contributed by atoms with Crippen LogP contribution in [-0.2, 0) is 20.8 Å². The first-order valence-electron chi connectivity index (χ1n) is 9.16. The lowest BCUT2D eigenvalue weighted by Crippen LogP contribution is -2.30. The van der Waals surface area contributed by atoms with Gasteiger partial charge < -0.3 is 14.9 Å². The molecule has 156 valence electrons. The lowest BCUT2D eigenvalue weighted by atomic mass is 10.0. The fourth-order valence-electron chi connectivity index (χ4n) is 2.72. The lowest BCUT2D eigenvalue weighted by molar-refractivity contribution is -0.120. The number of carbonyl (C=O) groups is 1. The Morgan fingerprint density at radius 3 is 2.55 bits per heavy atom. The van der Waals surface area contributed by atoms with Gasteiger partial charge in [-0.05, 0) is 24.3 Å². The molecule has 1 amide bonds. The van der Waals surface area contributed by atoms with E-state index in [-0.39, 0.29) is 13.0 Å². The molecular formula is C20H20F4N2O3. The van der Waals surface area contributed by atoms with Gasteiger partial charge in [0.15, 0.2) is 11.7 Å². The second-order valence-corrected chi connectivity index (χ2v) is 6.80. The predicted octanol–water partition coefficient (Wildman–Crippen LogP) is 4.18. The molecule has 0 radical (unpaired) electrons. The molecule has 29 heavy (non-hydrogen) atoms. The molecule has 9 heteroatoms. The second kappa shape index (κ2) is 9.58. The quantitative estimate of drug-likeness (QED) is 0.489. The monoisotopic (exact) mass is 412 g/mol. The normalized spacial score (nSPS) is 18.4. The van der Waals surface area contributed by atoms with Crippen LogP contribution in [0.1, 0.15) is 24.8 Å². The number of benzene rings is 1. The fraction of sp³-hybridized carbons (Fsp3) is 0.400. The van der Waals surface area contributed by atoms with Gasteiger partial charge in [0, 0.05) is 12.1 Å². The molecule has 2 aliphatic rings. The summed E-state index contributed by atoms with van der Waals surface area (Å²) in [7, 11) is 0. The number of oxime groups is 1. The van der Waals surface area contributed by atoms with E-state index < -0.39 is 54.2 Å². The van der Waals surface area contributed by atoms with Crippen LogP contribution in [0.15, 0.2) is 58.5 Å². The van der Waals surface area contributed by atoms with Gasteiger partial charge in [-0.1, -0.05) is 35.5 Å². The summed E-state index contributed by atoms with van der Waals surface area (Å²) in [6.07, 6.45) is 1.46. The van der Waals surface area contributed by atoms with Crippen molar-refractivity contribution in [1.29, 1.82) is 0 Å². The second-order valence-electron chi connectivity index (χ2n) is 6.80. The van der Waals surface area contributed by atoms with Gasteiger partial charge in [0.1, 0.15) is 18.1 Å². The molecule has 0 saturated heterocycles. The molecule has 1 saturated carbocycles. The highest BCUT2D eigenvalue weighted by molar-refractivity contribution is 6.01. The van der Waals surface area contributed by atoms with E-state index >= 15 is 0 Å². The smallest absolute Gasteiger partial charge is 0.387 e. The van der Waals surface area contributed by atoms with Crippen LogP contribution < -0.4 is 5.32 Å². The first-order chi connectivity index (χ1) is 13.9. The van der Waals surface area contributed by atoms with Crippen LogP contribution >= 0.6 is 0 Å². The highest BCUT2D eigenvalue weighted by atomic mass is 19.3. The largest absolute Gasteiger partial charge is 0.438 e. The van der Waals surface area contributed by atoms with Crippen LogP contribution in [0.2, 0.25) is 0 Å². The van der Waals surface area contributed by atoms with Crippen molar-refractivity contribution in [2.24, 2.45) is 11.1 Å². The lowest BCUT2D eigenvalue weighted by Gasteiger charge is -2.20. The number of amides is 1. The molecule has 3 rings (SSSR count). The van der Waals surface area contributed by atoms with Crippen molar-refractivity contribution in [3.05, 3.63) is 58.9 Å². The number of hydrogen-bond donors (Lipinski definition) is 1. The van der Waals surface area contributed by atoms with Gasteiger partial charge in [-0.15, -0.1) is 0 Å². The molecule has 0 atom stereocenters. The van der Waals surface area contributed by atoms with Crippen molar-refractivity contribution in [3.8, 4) is 0 Å². The number of alkyl halides is 2. The van der Waals surface area contributed by atoms with Crippen molar-refractivity contribution in [2.45, 2.75) is 32.3 Å². The molecule has 0 aromatic heterocycles. The van der Waals surface area contributed by atoms with E-state index in [0.29, 0.717) is 5.92 Å². The summed E-state index contributed by atoms with van der Waals surface area (Å²) in [6.45, 7) is -3.47. The maximum Gasteiger partial charge on any atom is 0.387 e. The third-order valence-electron chi connectivity index (χ3n) is 4.46. The Hall–Kier alpha value is -2.84. The zero-order valence-corrected chi connectivity index (χ0v) is 15.5. The van der Waals surface area contributed by atoms with Gasteiger partial charge in [0.25, 0.3) is 0 Å². The average molecular weight is 412 g/mol. The molecule has 1 fully saturated rings. The van der Waals surface area contributed by atoms with E-state index in [1.807, 2.05) is 0 Å². The van der Waals surface area contributed by atoms with Crippen LogP contribution in [0.3, 0.4) is 0 Å². The average Bonchev–Trinajstić information content (AvgIpc) is 3.50. The highest BCUT2D eigenvalue weighted by Gasteiger charge is 2.31. The molecule has 0 unspecified atom stereocenters. The third kappa shape index (κ3) is 6.07. The molecule has 5 nitrogen and oxygen atoms in total.